The summed E-state index contributed by atoms with van der Waals surface area (Å²) in [5.41, 5.74) is 7.60. The Kier molecular flexibility index (Phi) is 4.37. The number of nitrogens with zero attached hydrogens (tertiary/aromatic N) is 2. The minimum Gasteiger partial charge on any atom is -0.365 e. The van der Waals surface area contributed by atoms with Gasteiger partial charge in [-0.2, -0.15) is 0 Å². The number of rotatable bonds is 4. The van der Waals surface area contributed by atoms with E-state index in [1.165, 1.54) is 6.42 Å². The van der Waals surface area contributed by atoms with Crippen molar-refractivity contribution in [3.8, 4) is 0 Å². The summed E-state index contributed by atoms with van der Waals surface area (Å²) in [4.78, 5) is 13.1. The number of anilines is 1. The van der Waals surface area contributed by atoms with Crippen molar-refractivity contribution in [1.29, 1.82) is 0 Å². The molecule has 1 unspecified atom stereocenters. The molecule has 0 aliphatic carbocycles. The Labute approximate surface area is 113 Å². The lowest BCUT2D eigenvalue weighted by Crippen LogP contribution is -2.37. The number of nitro benzene ring substituents is 1. The summed E-state index contributed by atoms with van der Waals surface area (Å²) in [6.45, 7) is 4.40. The molecule has 19 heavy (non-hydrogen) atoms. The Morgan fingerprint density at radius 1 is 1.53 bits per heavy atom. The third kappa shape index (κ3) is 3.04. The number of nitro groups is 1. The molecule has 1 atom stereocenters. The van der Waals surface area contributed by atoms with Gasteiger partial charge in [-0.3, -0.25) is 10.1 Å². The molecular formula is C14H21N3O2. The van der Waals surface area contributed by atoms with Gasteiger partial charge in [-0.05, 0) is 44.2 Å². The van der Waals surface area contributed by atoms with Crippen LogP contribution in [0, 0.1) is 23.0 Å². The summed E-state index contributed by atoms with van der Waals surface area (Å²) in [5.74, 6) is 0.554. The maximum absolute atomic E-state index is 11.2. The van der Waals surface area contributed by atoms with Crippen LogP contribution in [-0.2, 0) is 0 Å². The zero-order valence-corrected chi connectivity index (χ0v) is 11.3. The number of nitrogens with two attached hydrogens (primary N) is 1. The Bertz CT molecular complexity index is 460. The lowest BCUT2D eigenvalue weighted by atomic mass is 9.94. The number of benzene rings is 1. The molecule has 1 saturated heterocycles. The number of hydrogen-bond acceptors (Lipinski definition) is 4. The first kappa shape index (κ1) is 13.8. The highest BCUT2D eigenvalue weighted by molar-refractivity contribution is 5.67. The predicted octanol–water partition coefficient (Wildman–Crippen LogP) is 2.47. The zero-order chi connectivity index (χ0) is 13.8. The Morgan fingerprint density at radius 2 is 2.32 bits per heavy atom. The van der Waals surface area contributed by atoms with E-state index in [4.69, 9.17) is 5.73 Å². The molecule has 2 rings (SSSR count). The quantitative estimate of drug-likeness (QED) is 0.669. The Hall–Kier alpha value is -1.62. The maximum atomic E-state index is 11.2. The van der Waals surface area contributed by atoms with Crippen LogP contribution in [0.1, 0.15) is 24.8 Å². The fourth-order valence-corrected chi connectivity index (χ4v) is 2.94. The van der Waals surface area contributed by atoms with E-state index in [2.05, 4.69) is 4.90 Å². The molecule has 0 amide bonds. The van der Waals surface area contributed by atoms with Crippen LogP contribution in [0.4, 0.5) is 11.4 Å². The average molecular weight is 263 g/mol. The molecule has 0 saturated carbocycles. The monoisotopic (exact) mass is 263 g/mol. The van der Waals surface area contributed by atoms with Gasteiger partial charge in [-0.15, -0.1) is 0 Å². The third-order valence-corrected chi connectivity index (χ3v) is 3.82. The van der Waals surface area contributed by atoms with Crippen LogP contribution in [0.15, 0.2) is 18.2 Å². The minimum atomic E-state index is -0.283. The van der Waals surface area contributed by atoms with Crippen molar-refractivity contribution in [3.63, 3.8) is 0 Å². The molecule has 0 bridgehead atoms. The first-order chi connectivity index (χ1) is 9.13. The summed E-state index contributed by atoms with van der Waals surface area (Å²) >= 11 is 0. The second kappa shape index (κ2) is 6.02. The van der Waals surface area contributed by atoms with Crippen LogP contribution >= 0.6 is 0 Å². The van der Waals surface area contributed by atoms with Crippen LogP contribution in [0.3, 0.4) is 0 Å². The van der Waals surface area contributed by atoms with E-state index in [9.17, 15) is 10.1 Å². The van der Waals surface area contributed by atoms with Crippen molar-refractivity contribution in [2.24, 2.45) is 11.7 Å². The van der Waals surface area contributed by atoms with Gasteiger partial charge in [0.2, 0.25) is 0 Å². The van der Waals surface area contributed by atoms with Gasteiger partial charge >= 0.3 is 0 Å². The number of para-hydroxylation sites is 1. The fourth-order valence-electron chi connectivity index (χ4n) is 2.94. The van der Waals surface area contributed by atoms with E-state index in [1.54, 1.807) is 12.1 Å². The second-order valence-electron chi connectivity index (χ2n) is 5.23. The SMILES string of the molecule is Cc1cccc([N+](=O)[O-])c1N1CCCC(CCN)C1. The van der Waals surface area contributed by atoms with Crippen LogP contribution in [0.5, 0.6) is 0 Å². The molecular weight excluding hydrogens is 242 g/mol. The first-order valence-corrected chi connectivity index (χ1v) is 6.82. The van der Waals surface area contributed by atoms with Crippen molar-refractivity contribution in [2.75, 3.05) is 24.5 Å². The van der Waals surface area contributed by atoms with E-state index < -0.39 is 0 Å². The molecule has 1 aromatic rings. The molecule has 104 valence electrons. The summed E-state index contributed by atoms with van der Waals surface area (Å²) in [5, 5.41) is 11.2. The van der Waals surface area contributed by atoms with Crippen molar-refractivity contribution >= 4 is 11.4 Å². The van der Waals surface area contributed by atoms with Crippen LogP contribution in [0.2, 0.25) is 0 Å². The van der Waals surface area contributed by atoms with Crippen LogP contribution in [0.25, 0.3) is 0 Å². The molecule has 1 aromatic carbocycles. The highest BCUT2D eigenvalue weighted by atomic mass is 16.6. The highest BCUT2D eigenvalue weighted by Crippen LogP contribution is 2.34. The van der Waals surface area contributed by atoms with Crippen LogP contribution in [-0.4, -0.2) is 24.6 Å². The van der Waals surface area contributed by atoms with Gasteiger partial charge in [0.15, 0.2) is 0 Å². The van der Waals surface area contributed by atoms with Gasteiger partial charge < -0.3 is 10.6 Å². The molecule has 0 radical (unpaired) electrons. The zero-order valence-electron chi connectivity index (χ0n) is 11.3. The van der Waals surface area contributed by atoms with Gasteiger partial charge in [-0.1, -0.05) is 12.1 Å². The molecule has 1 fully saturated rings. The van der Waals surface area contributed by atoms with E-state index in [0.717, 1.165) is 37.2 Å². The summed E-state index contributed by atoms with van der Waals surface area (Å²) in [7, 11) is 0. The first-order valence-electron chi connectivity index (χ1n) is 6.82. The fraction of sp³-hybridized carbons (Fsp3) is 0.571. The van der Waals surface area contributed by atoms with Crippen LogP contribution < -0.4 is 10.6 Å². The lowest BCUT2D eigenvalue weighted by Gasteiger charge is -2.34. The van der Waals surface area contributed by atoms with Gasteiger partial charge in [0.25, 0.3) is 5.69 Å². The number of aryl methyl sites for hydroxylation is 1. The van der Waals surface area contributed by atoms with E-state index in [-0.39, 0.29) is 10.6 Å². The summed E-state index contributed by atoms with van der Waals surface area (Å²) < 4.78 is 0. The second-order valence-corrected chi connectivity index (χ2v) is 5.23. The van der Waals surface area contributed by atoms with Gasteiger partial charge in [-0.25, -0.2) is 0 Å². The van der Waals surface area contributed by atoms with E-state index >= 15 is 0 Å². The standard InChI is InChI=1S/C14H21N3O2/c1-11-4-2-6-13(17(18)19)14(11)16-9-3-5-12(10-16)7-8-15/h2,4,6,12H,3,5,7-10,15H2,1H3. The van der Waals surface area contributed by atoms with Crippen molar-refractivity contribution in [2.45, 2.75) is 26.2 Å². The smallest absolute Gasteiger partial charge is 0.292 e. The Morgan fingerprint density at radius 3 is 3.00 bits per heavy atom. The minimum absolute atomic E-state index is 0.216. The van der Waals surface area contributed by atoms with Crippen molar-refractivity contribution in [1.82, 2.24) is 0 Å². The molecule has 0 aromatic heterocycles. The van der Waals surface area contributed by atoms with E-state index in [0.29, 0.717) is 12.5 Å². The summed E-state index contributed by atoms with van der Waals surface area (Å²) in [6.07, 6.45) is 3.25. The molecule has 0 spiro atoms. The van der Waals surface area contributed by atoms with Gasteiger partial charge in [0.1, 0.15) is 5.69 Å². The third-order valence-electron chi connectivity index (χ3n) is 3.82. The largest absolute Gasteiger partial charge is 0.365 e. The normalized spacial score (nSPS) is 19.5. The Balaban J connectivity index is 2.28. The average Bonchev–Trinajstić information content (AvgIpc) is 2.39. The lowest BCUT2D eigenvalue weighted by molar-refractivity contribution is -0.384. The maximum Gasteiger partial charge on any atom is 0.292 e. The van der Waals surface area contributed by atoms with Gasteiger partial charge in [0.05, 0.1) is 4.92 Å². The van der Waals surface area contributed by atoms with Gasteiger partial charge in [0, 0.05) is 19.2 Å². The molecule has 5 nitrogen and oxygen atoms in total. The molecule has 2 N–H and O–H groups in total. The molecule has 1 aliphatic rings. The highest BCUT2D eigenvalue weighted by Gasteiger charge is 2.26. The van der Waals surface area contributed by atoms with Crippen molar-refractivity contribution < 1.29 is 4.92 Å². The number of piperidine rings is 1. The molecule has 1 aliphatic heterocycles. The van der Waals surface area contributed by atoms with Crippen molar-refractivity contribution in [3.05, 3.63) is 33.9 Å². The number of hydrogen-bond donors (Lipinski definition) is 1. The van der Waals surface area contributed by atoms with E-state index in [1.807, 2.05) is 13.0 Å². The topological polar surface area (TPSA) is 72.4 Å². The molecule has 1 heterocycles. The summed E-state index contributed by atoms with van der Waals surface area (Å²) in [6, 6.07) is 5.28. The predicted molar refractivity (Wildman–Crippen MR) is 76.4 cm³/mol. The molecule has 5 heteroatoms.